The van der Waals surface area contributed by atoms with E-state index in [1.165, 1.54) is 32.1 Å². The Morgan fingerprint density at radius 3 is 2.32 bits per heavy atom. The van der Waals surface area contributed by atoms with Gasteiger partial charge in [0.1, 0.15) is 5.75 Å². The monoisotopic (exact) mass is 468 g/mol. The van der Waals surface area contributed by atoms with Gasteiger partial charge in [0.25, 0.3) is 0 Å². The number of nitrogens with zero attached hydrogens (tertiary/aromatic N) is 1. The van der Waals surface area contributed by atoms with Crippen molar-refractivity contribution in [2.75, 3.05) is 33.3 Å². The van der Waals surface area contributed by atoms with E-state index in [4.69, 9.17) is 4.74 Å². The second-order valence-corrected chi connectivity index (χ2v) is 11.1. The van der Waals surface area contributed by atoms with E-state index in [0.29, 0.717) is 13.1 Å². The highest BCUT2D eigenvalue weighted by atomic mass is 16.5. The van der Waals surface area contributed by atoms with Crippen LogP contribution < -0.4 is 20.7 Å². The van der Waals surface area contributed by atoms with Crippen LogP contribution in [0.3, 0.4) is 0 Å². The SMILES string of the molecule is COc1ccccc1C(CNC(=O)CCNC(=O)NC12CC3CC(CC(C3)C1)C2)N1CCCC1. The number of amides is 3. The highest BCUT2D eigenvalue weighted by Crippen LogP contribution is 2.55. The first-order valence-electron chi connectivity index (χ1n) is 13.2. The number of likely N-dealkylation sites (tertiary alicyclic amines) is 1. The zero-order valence-electron chi connectivity index (χ0n) is 20.5. The minimum absolute atomic E-state index is 0.00121. The molecular weight excluding hydrogens is 428 g/mol. The van der Waals surface area contributed by atoms with Gasteiger partial charge in [0, 0.05) is 30.6 Å². The Morgan fingerprint density at radius 1 is 1.03 bits per heavy atom. The van der Waals surface area contributed by atoms with Crippen molar-refractivity contribution in [1.82, 2.24) is 20.9 Å². The van der Waals surface area contributed by atoms with Crippen molar-refractivity contribution >= 4 is 11.9 Å². The number of methoxy groups -OCH3 is 1. The van der Waals surface area contributed by atoms with Crippen LogP contribution in [0.5, 0.6) is 5.75 Å². The first kappa shape index (κ1) is 23.5. The molecule has 3 N–H and O–H groups in total. The molecule has 1 heterocycles. The Hall–Kier alpha value is -2.28. The van der Waals surface area contributed by atoms with Gasteiger partial charge in [-0.3, -0.25) is 9.69 Å². The van der Waals surface area contributed by atoms with Gasteiger partial charge in [-0.1, -0.05) is 18.2 Å². The van der Waals surface area contributed by atoms with Gasteiger partial charge in [0.2, 0.25) is 5.91 Å². The van der Waals surface area contributed by atoms with Crippen molar-refractivity contribution in [2.45, 2.75) is 69.4 Å². The molecule has 4 saturated carbocycles. The molecule has 5 fully saturated rings. The summed E-state index contributed by atoms with van der Waals surface area (Å²) in [6.07, 6.45) is 10.1. The third kappa shape index (κ3) is 5.19. The molecule has 1 aromatic carbocycles. The molecule has 7 heteroatoms. The van der Waals surface area contributed by atoms with Crippen LogP contribution in [0.25, 0.3) is 0 Å². The number of para-hydroxylation sites is 1. The summed E-state index contributed by atoms with van der Waals surface area (Å²) in [5.41, 5.74) is 1.11. The predicted molar refractivity (Wildman–Crippen MR) is 132 cm³/mol. The van der Waals surface area contributed by atoms with Crippen LogP contribution in [0.4, 0.5) is 4.79 Å². The smallest absolute Gasteiger partial charge is 0.315 e. The van der Waals surface area contributed by atoms with Gasteiger partial charge >= 0.3 is 6.03 Å². The average molecular weight is 469 g/mol. The van der Waals surface area contributed by atoms with E-state index in [1.54, 1.807) is 7.11 Å². The normalized spacial score (nSPS) is 30.7. The van der Waals surface area contributed by atoms with Crippen molar-refractivity contribution in [3.8, 4) is 5.75 Å². The number of nitrogens with one attached hydrogen (secondary N) is 3. The van der Waals surface area contributed by atoms with Gasteiger partial charge in [-0.05, 0) is 88.3 Å². The van der Waals surface area contributed by atoms with E-state index in [-0.39, 0.29) is 29.9 Å². The lowest BCUT2D eigenvalue weighted by Crippen LogP contribution is -2.61. The Morgan fingerprint density at radius 2 is 1.68 bits per heavy atom. The standard InChI is InChI=1S/C27H40N4O3/c1-34-24-7-3-2-6-22(24)23(31-10-4-5-11-31)18-29-25(32)8-9-28-26(33)30-27-15-19-12-20(16-27)14-21(13-19)17-27/h2-3,6-7,19-21,23H,4-5,8-18H2,1H3,(H,29,32)(H2,28,30,33). The average Bonchev–Trinajstić information content (AvgIpc) is 3.33. The van der Waals surface area contributed by atoms with Crippen LogP contribution in [0.2, 0.25) is 0 Å². The zero-order chi connectivity index (χ0) is 23.5. The van der Waals surface area contributed by atoms with Gasteiger partial charge in [-0.2, -0.15) is 0 Å². The van der Waals surface area contributed by atoms with E-state index < -0.39 is 0 Å². The van der Waals surface area contributed by atoms with Crippen LogP contribution in [0.15, 0.2) is 24.3 Å². The molecular formula is C27H40N4O3. The van der Waals surface area contributed by atoms with E-state index in [1.807, 2.05) is 18.2 Å². The summed E-state index contributed by atoms with van der Waals surface area (Å²) in [5.74, 6) is 3.21. The van der Waals surface area contributed by atoms with Crippen LogP contribution in [-0.2, 0) is 4.79 Å². The maximum atomic E-state index is 12.6. The fraction of sp³-hybridized carbons (Fsp3) is 0.704. The van der Waals surface area contributed by atoms with Gasteiger partial charge in [0.15, 0.2) is 0 Å². The summed E-state index contributed by atoms with van der Waals surface area (Å²) in [6, 6.07) is 8.04. The number of urea groups is 1. The lowest BCUT2D eigenvalue weighted by Gasteiger charge is -2.56. The number of benzene rings is 1. The van der Waals surface area contributed by atoms with Crippen molar-refractivity contribution < 1.29 is 14.3 Å². The Labute approximate surface area is 203 Å². The minimum Gasteiger partial charge on any atom is -0.496 e. The van der Waals surface area contributed by atoms with E-state index in [9.17, 15) is 9.59 Å². The van der Waals surface area contributed by atoms with Gasteiger partial charge < -0.3 is 20.7 Å². The zero-order valence-corrected chi connectivity index (χ0v) is 20.5. The van der Waals surface area contributed by atoms with E-state index >= 15 is 0 Å². The maximum Gasteiger partial charge on any atom is 0.315 e. The number of ether oxygens (including phenoxy) is 1. The van der Waals surface area contributed by atoms with Crippen LogP contribution in [-0.4, -0.2) is 55.7 Å². The molecule has 1 saturated heterocycles. The van der Waals surface area contributed by atoms with Crippen LogP contribution >= 0.6 is 0 Å². The fourth-order valence-electron chi connectivity index (χ4n) is 7.57. The molecule has 1 unspecified atom stereocenters. The lowest BCUT2D eigenvalue weighted by molar-refractivity contribution is -0.121. The molecule has 0 spiro atoms. The second-order valence-electron chi connectivity index (χ2n) is 11.1. The molecule has 34 heavy (non-hydrogen) atoms. The van der Waals surface area contributed by atoms with Crippen LogP contribution in [0, 0.1) is 17.8 Å². The van der Waals surface area contributed by atoms with Gasteiger partial charge in [-0.15, -0.1) is 0 Å². The topological polar surface area (TPSA) is 82.7 Å². The summed E-state index contributed by atoms with van der Waals surface area (Å²) in [4.78, 5) is 27.7. The van der Waals surface area contributed by atoms with Crippen molar-refractivity contribution in [2.24, 2.45) is 17.8 Å². The highest BCUT2D eigenvalue weighted by Gasteiger charge is 2.51. The molecule has 6 rings (SSSR count). The number of hydrogen-bond acceptors (Lipinski definition) is 4. The highest BCUT2D eigenvalue weighted by molar-refractivity contribution is 5.78. The first-order valence-corrected chi connectivity index (χ1v) is 13.2. The van der Waals surface area contributed by atoms with Crippen molar-refractivity contribution in [1.29, 1.82) is 0 Å². The Kier molecular flexibility index (Phi) is 7.00. The molecule has 0 aromatic heterocycles. The molecule has 186 valence electrons. The van der Waals surface area contributed by atoms with Crippen molar-refractivity contribution in [3.63, 3.8) is 0 Å². The van der Waals surface area contributed by atoms with E-state index in [0.717, 1.165) is 61.4 Å². The molecule has 4 bridgehead atoms. The third-order valence-electron chi connectivity index (χ3n) is 8.63. The predicted octanol–water partition coefficient (Wildman–Crippen LogP) is 3.61. The summed E-state index contributed by atoms with van der Waals surface area (Å²) < 4.78 is 5.59. The molecule has 3 amide bonds. The number of carbonyl (C=O) groups excluding carboxylic acids is 2. The first-order chi connectivity index (χ1) is 16.5. The summed E-state index contributed by atoms with van der Waals surface area (Å²) in [6.45, 7) is 2.96. The molecule has 4 aliphatic carbocycles. The number of rotatable bonds is 9. The quantitative estimate of drug-likeness (QED) is 0.517. The summed E-state index contributed by atoms with van der Waals surface area (Å²) in [5, 5.41) is 9.36. The lowest BCUT2D eigenvalue weighted by atomic mass is 9.53. The second kappa shape index (κ2) is 10.1. The summed E-state index contributed by atoms with van der Waals surface area (Å²) >= 11 is 0. The largest absolute Gasteiger partial charge is 0.496 e. The molecule has 7 nitrogen and oxygen atoms in total. The minimum atomic E-state index is -0.112. The Bertz CT molecular complexity index is 847. The fourth-order valence-corrected chi connectivity index (χ4v) is 7.57. The van der Waals surface area contributed by atoms with Crippen molar-refractivity contribution in [3.05, 3.63) is 29.8 Å². The molecule has 5 aliphatic rings. The third-order valence-corrected chi connectivity index (χ3v) is 8.63. The molecule has 0 radical (unpaired) electrons. The molecule has 1 aliphatic heterocycles. The van der Waals surface area contributed by atoms with Gasteiger partial charge in [0.05, 0.1) is 13.2 Å². The maximum absolute atomic E-state index is 12.6. The Balaban J connectivity index is 1.08. The molecule has 1 aromatic rings. The number of carbonyl (C=O) groups is 2. The molecule has 1 atom stereocenters. The van der Waals surface area contributed by atoms with E-state index in [2.05, 4.69) is 26.9 Å². The summed E-state index contributed by atoms with van der Waals surface area (Å²) in [7, 11) is 1.69. The number of hydrogen-bond donors (Lipinski definition) is 3. The van der Waals surface area contributed by atoms with Gasteiger partial charge in [-0.25, -0.2) is 4.79 Å². The van der Waals surface area contributed by atoms with Crippen LogP contribution in [0.1, 0.15) is 69.4 Å².